The number of hydrogen-bond acceptors (Lipinski definition) is 2. The number of halogens is 2. The highest BCUT2D eigenvalue weighted by Gasteiger charge is 2.42. The molecule has 1 N–H and O–H groups in total. The van der Waals surface area contributed by atoms with Crippen molar-refractivity contribution in [1.82, 2.24) is 5.32 Å². The highest BCUT2D eigenvalue weighted by Crippen LogP contribution is 2.49. The van der Waals surface area contributed by atoms with Crippen LogP contribution in [0.1, 0.15) is 38.2 Å². The predicted octanol–water partition coefficient (Wildman–Crippen LogP) is 4.73. The maximum absolute atomic E-state index is 12.2. The summed E-state index contributed by atoms with van der Waals surface area (Å²) < 4.78 is 6.55. The van der Waals surface area contributed by atoms with Gasteiger partial charge in [0.2, 0.25) is 0 Å². The highest BCUT2D eigenvalue weighted by molar-refractivity contribution is 9.10. The molecule has 1 aromatic carbocycles. The first-order valence-electron chi connectivity index (χ1n) is 8.32. The minimum Gasteiger partial charge on any atom is -0.482 e. The summed E-state index contributed by atoms with van der Waals surface area (Å²) in [6.45, 7) is 4.05. The van der Waals surface area contributed by atoms with E-state index < -0.39 is 0 Å². The largest absolute Gasteiger partial charge is 0.482 e. The topological polar surface area (TPSA) is 38.3 Å². The molecule has 3 rings (SSSR count). The van der Waals surface area contributed by atoms with E-state index in [1.54, 1.807) is 6.07 Å². The molecule has 2 saturated carbocycles. The van der Waals surface area contributed by atoms with E-state index in [9.17, 15) is 4.79 Å². The van der Waals surface area contributed by atoms with Crippen LogP contribution in [0.2, 0.25) is 5.02 Å². The number of nitrogens with one attached hydrogen (secondary N) is 1. The summed E-state index contributed by atoms with van der Waals surface area (Å²) >= 11 is 9.58. The Morgan fingerprint density at radius 2 is 2.22 bits per heavy atom. The third kappa shape index (κ3) is 3.85. The number of carbonyl (C=O) groups excluding carboxylic acids is 1. The van der Waals surface area contributed by atoms with Gasteiger partial charge in [-0.2, -0.15) is 0 Å². The number of amides is 1. The Balaban J connectivity index is 1.52. The van der Waals surface area contributed by atoms with Gasteiger partial charge < -0.3 is 10.1 Å². The molecule has 2 aliphatic carbocycles. The fourth-order valence-electron chi connectivity index (χ4n) is 4.32. The van der Waals surface area contributed by atoms with Crippen molar-refractivity contribution >= 4 is 33.4 Å². The summed E-state index contributed by atoms with van der Waals surface area (Å²) in [4.78, 5) is 12.2. The maximum Gasteiger partial charge on any atom is 0.258 e. The van der Waals surface area contributed by atoms with Crippen LogP contribution in [-0.4, -0.2) is 18.6 Å². The van der Waals surface area contributed by atoms with Gasteiger partial charge in [-0.25, -0.2) is 0 Å². The standard InChI is InChI=1S/C18H23BrClNO2/c1-10-5-14(19)8-16(20)18(10)23-9-17(22)21-11(2)15-7-12-3-4-13(15)6-12/h5,8,11-13,15H,3-4,6-7,9H2,1-2H3,(H,21,22)/t11-,12-,13-,15+/m0/s1. The summed E-state index contributed by atoms with van der Waals surface area (Å²) in [5.41, 5.74) is 0.915. The molecule has 1 aromatic rings. The molecule has 0 radical (unpaired) electrons. The van der Waals surface area contributed by atoms with Gasteiger partial charge in [-0.15, -0.1) is 0 Å². The Morgan fingerprint density at radius 3 is 2.83 bits per heavy atom. The molecule has 2 aliphatic rings. The van der Waals surface area contributed by atoms with Crippen LogP contribution in [0.3, 0.4) is 0 Å². The zero-order valence-electron chi connectivity index (χ0n) is 13.6. The van der Waals surface area contributed by atoms with E-state index in [1.165, 1.54) is 25.7 Å². The van der Waals surface area contributed by atoms with Crippen LogP contribution < -0.4 is 10.1 Å². The molecule has 0 heterocycles. The molecule has 4 atom stereocenters. The number of benzene rings is 1. The fraction of sp³-hybridized carbons (Fsp3) is 0.611. The minimum atomic E-state index is -0.0707. The molecular formula is C18H23BrClNO2. The van der Waals surface area contributed by atoms with Crippen molar-refractivity contribution in [3.63, 3.8) is 0 Å². The molecule has 0 unspecified atom stereocenters. The minimum absolute atomic E-state index is 0.00729. The summed E-state index contributed by atoms with van der Waals surface area (Å²) in [5, 5.41) is 3.63. The molecule has 2 bridgehead atoms. The number of fused-ring (bicyclic) bond motifs is 2. The second-order valence-corrected chi connectivity index (χ2v) is 8.34. The van der Waals surface area contributed by atoms with Crippen molar-refractivity contribution in [1.29, 1.82) is 0 Å². The quantitative estimate of drug-likeness (QED) is 0.776. The summed E-state index contributed by atoms with van der Waals surface area (Å²) in [7, 11) is 0. The van der Waals surface area contributed by atoms with Crippen molar-refractivity contribution in [2.45, 2.75) is 45.6 Å². The van der Waals surface area contributed by atoms with Crippen LogP contribution in [0, 0.1) is 24.7 Å². The Bertz CT molecular complexity index is 584. The third-order valence-corrected chi connectivity index (χ3v) is 6.10. The molecule has 1 amide bonds. The van der Waals surface area contributed by atoms with Crippen LogP contribution >= 0.6 is 27.5 Å². The van der Waals surface area contributed by atoms with Crippen LogP contribution in [0.15, 0.2) is 16.6 Å². The number of aryl methyl sites for hydroxylation is 1. The Kier molecular flexibility index (Phi) is 5.22. The van der Waals surface area contributed by atoms with E-state index in [0.717, 1.165) is 21.9 Å². The van der Waals surface area contributed by atoms with Crippen molar-refractivity contribution < 1.29 is 9.53 Å². The monoisotopic (exact) mass is 399 g/mol. The Morgan fingerprint density at radius 1 is 1.43 bits per heavy atom. The van der Waals surface area contributed by atoms with Crippen LogP contribution in [0.5, 0.6) is 5.75 Å². The SMILES string of the molecule is Cc1cc(Br)cc(Cl)c1OCC(=O)N[C@@H](C)[C@H]1C[C@H]2CC[C@H]1C2. The lowest BCUT2D eigenvalue weighted by atomic mass is 9.84. The zero-order chi connectivity index (χ0) is 16.6. The normalized spacial score (nSPS) is 27.0. The van der Waals surface area contributed by atoms with Gasteiger partial charge in [0, 0.05) is 10.5 Å². The summed E-state index contributed by atoms with van der Waals surface area (Å²) in [6, 6.07) is 3.93. The molecular weight excluding hydrogens is 378 g/mol. The number of ether oxygens (including phenoxy) is 1. The smallest absolute Gasteiger partial charge is 0.258 e. The van der Waals surface area contributed by atoms with E-state index in [0.29, 0.717) is 16.7 Å². The van der Waals surface area contributed by atoms with Gasteiger partial charge >= 0.3 is 0 Å². The molecule has 2 fully saturated rings. The number of hydrogen-bond donors (Lipinski definition) is 1. The average molecular weight is 401 g/mol. The van der Waals surface area contributed by atoms with Gasteiger partial charge in [0.1, 0.15) is 5.75 Å². The summed E-state index contributed by atoms with van der Waals surface area (Å²) in [5.74, 6) is 2.84. The molecule has 0 spiro atoms. The predicted molar refractivity (Wildman–Crippen MR) is 95.9 cm³/mol. The van der Waals surface area contributed by atoms with Crippen LogP contribution in [0.25, 0.3) is 0 Å². The second kappa shape index (κ2) is 7.02. The fourth-order valence-corrected chi connectivity index (χ4v) is 5.34. The first kappa shape index (κ1) is 17.1. The lowest BCUT2D eigenvalue weighted by Crippen LogP contribution is -2.42. The second-order valence-electron chi connectivity index (χ2n) is 7.02. The third-order valence-electron chi connectivity index (χ3n) is 5.37. The molecule has 0 aliphatic heterocycles. The molecule has 3 nitrogen and oxygen atoms in total. The number of carbonyl (C=O) groups is 1. The molecule has 0 aromatic heterocycles. The van der Waals surface area contributed by atoms with E-state index in [2.05, 4.69) is 28.2 Å². The van der Waals surface area contributed by atoms with Gasteiger partial charge in [0.25, 0.3) is 5.91 Å². The van der Waals surface area contributed by atoms with Gasteiger partial charge in [-0.1, -0.05) is 34.0 Å². The lowest BCUT2D eigenvalue weighted by molar-refractivity contribution is -0.124. The summed E-state index contributed by atoms with van der Waals surface area (Å²) in [6.07, 6.45) is 5.34. The molecule has 0 saturated heterocycles. The first-order valence-corrected chi connectivity index (χ1v) is 9.49. The van der Waals surface area contributed by atoms with Crippen molar-refractivity contribution in [2.24, 2.45) is 17.8 Å². The Labute approximate surface area is 151 Å². The van der Waals surface area contributed by atoms with Crippen molar-refractivity contribution in [3.05, 3.63) is 27.2 Å². The maximum atomic E-state index is 12.2. The van der Waals surface area contributed by atoms with E-state index >= 15 is 0 Å². The van der Waals surface area contributed by atoms with Crippen LogP contribution in [-0.2, 0) is 4.79 Å². The molecule has 5 heteroatoms. The van der Waals surface area contributed by atoms with Crippen molar-refractivity contribution in [3.8, 4) is 5.75 Å². The lowest BCUT2D eigenvalue weighted by Gasteiger charge is -2.28. The van der Waals surface area contributed by atoms with Crippen molar-refractivity contribution in [2.75, 3.05) is 6.61 Å². The zero-order valence-corrected chi connectivity index (χ0v) is 15.9. The average Bonchev–Trinajstić information content (AvgIpc) is 3.08. The van der Waals surface area contributed by atoms with Gasteiger partial charge in [-0.3, -0.25) is 4.79 Å². The van der Waals surface area contributed by atoms with E-state index in [-0.39, 0.29) is 18.6 Å². The van der Waals surface area contributed by atoms with E-state index in [1.807, 2.05) is 13.0 Å². The first-order chi connectivity index (χ1) is 10.9. The number of rotatable bonds is 5. The molecule has 23 heavy (non-hydrogen) atoms. The van der Waals surface area contributed by atoms with Gasteiger partial charge in [0.05, 0.1) is 5.02 Å². The van der Waals surface area contributed by atoms with Crippen LogP contribution in [0.4, 0.5) is 0 Å². The Hall–Kier alpha value is -0.740. The van der Waals surface area contributed by atoms with E-state index in [4.69, 9.17) is 16.3 Å². The molecule has 126 valence electrons. The van der Waals surface area contributed by atoms with Gasteiger partial charge in [-0.05, 0) is 68.6 Å². The van der Waals surface area contributed by atoms with Gasteiger partial charge in [0.15, 0.2) is 6.61 Å². The highest BCUT2D eigenvalue weighted by atomic mass is 79.9.